The molecule has 1 saturated heterocycles. The van der Waals surface area contributed by atoms with Gasteiger partial charge in [0.25, 0.3) is 11.8 Å². The van der Waals surface area contributed by atoms with Gasteiger partial charge in [-0.25, -0.2) is 4.79 Å². The number of benzene rings is 1. The van der Waals surface area contributed by atoms with Crippen LogP contribution in [-0.2, 0) is 9.53 Å². The van der Waals surface area contributed by atoms with Gasteiger partial charge in [-0.15, -0.1) is 10.2 Å². The summed E-state index contributed by atoms with van der Waals surface area (Å²) in [4.78, 5) is 40.3. The van der Waals surface area contributed by atoms with Crippen molar-refractivity contribution in [2.24, 2.45) is 0 Å². The number of nitrogens with one attached hydrogen (secondary N) is 1. The molecule has 0 radical (unpaired) electrons. The molecule has 31 heavy (non-hydrogen) atoms. The molecule has 0 spiro atoms. The number of carbonyl (C=O) groups excluding carboxylic acids is 3. The molecule has 1 fully saturated rings. The maximum atomic E-state index is 12.3. The summed E-state index contributed by atoms with van der Waals surface area (Å²) in [6, 6.07) is 9.86. The molecule has 0 atom stereocenters. The van der Waals surface area contributed by atoms with Gasteiger partial charge < -0.3 is 19.9 Å². The number of aromatic nitrogens is 2. The lowest BCUT2D eigenvalue weighted by atomic mass is 10.2. The van der Waals surface area contributed by atoms with Crippen molar-refractivity contribution in [3.63, 3.8) is 0 Å². The number of nitrogens with zero attached hydrogens (tertiary/aromatic N) is 4. The summed E-state index contributed by atoms with van der Waals surface area (Å²) in [5.41, 5.74) is 1.10. The molecule has 9 heteroatoms. The number of ether oxygens (including phenoxy) is 1. The Morgan fingerprint density at radius 3 is 2.26 bits per heavy atom. The third-order valence-corrected chi connectivity index (χ3v) is 5.09. The first-order chi connectivity index (χ1) is 15.0. The highest BCUT2D eigenvalue weighted by molar-refractivity contribution is 5.97. The van der Waals surface area contributed by atoms with Crippen LogP contribution >= 0.6 is 0 Å². The number of anilines is 2. The number of hydrogen-bond acceptors (Lipinski definition) is 7. The van der Waals surface area contributed by atoms with E-state index >= 15 is 0 Å². The van der Waals surface area contributed by atoms with Crippen LogP contribution in [0.4, 0.5) is 11.5 Å². The molecule has 0 unspecified atom stereocenters. The normalized spacial score (nSPS) is 13.0. The van der Waals surface area contributed by atoms with Gasteiger partial charge in [-0.3, -0.25) is 9.59 Å². The van der Waals surface area contributed by atoms with Crippen LogP contribution in [0.5, 0.6) is 0 Å². The Labute approximate surface area is 181 Å². The van der Waals surface area contributed by atoms with Crippen LogP contribution in [0.1, 0.15) is 47.5 Å². The summed E-state index contributed by atoms with van der Waals surface area (Å²) in [7, 11) is 0. The fraction of sp³-hybridized carbons (Fsp3) is 0.409. The van der Waals surface area contributed by atoms with E-state index in [0.29, 0.717) is 24.3 Å². The van der Waals surface area contributed by atoms with E-state index < -0.39 is 18.5 Å². The summed E-state index contributed by atoms with van der Waals surface area (Å²) in [5, 5.41) is 10.6. The Bertz CT molecular complexity index is 905. The summed E-state index contributed by atoms with van der Waals surface area (Å²) >= 11 is 0. The number of hydrogen-bond donors (Lipinski definition) is 1. The Balaban J connectivity index is 1.48. The Morgan fingerprint density at radius 2 is 1.68 bits per heavy atom. The standard InChI is InChI=1S/C22H27N5O4/c1-3-26(4-2)21(29)16-7-9-17(10-8-16)23-20(28)15-31-22(30)18-11-12-19(25-24-18)27-13-5-6-14-27/h7-12H,3-6,13-15H2,1-2H3,(H,23,28). The van der Waals surface area contributed by atoms with Crippen LogP contribution in [0.2, 0.25) is 0 Å². The van der Waals surface area contributed by atoms with Gasteiger partial charge in [-0.1, -0.05) is 0 Å². The second kappa shape index (κ2) is 10.5. The highest BCUT2D eigenvalue weighted by Crippen LogP contribution is 2.17. The Kier molecular flexibility index (Phi) is 7.53. The highest BCUT2D eigenvalue weighted by Gasteiger charge is 2.17. The van der Waals surface area contributed by atoms with Crippen molar-refractivity contribution >= 4 is 29.3 Å². The van der Waals surface area contributed by atoms with Crippen LogP contribution in [-0.4, -0.2) is 65.7 Å². The fourth-order valence-corrected chi connectivity index (χ4v) is 3.34. The van der Waals surface area contributed by atoms with E-state index in [9.17, 15) is 14.4 Å². The number of rotatable bonds is 8. The van der Waals surface area contributed by atoms with Crippen molar-refractivity contribution in [1.29, 1.82) is 0 Å². The van der Waals surface area contributed by atoms with Crippen molar-refractivity contribution < 1.29 is 19.1 Å². The largest absolute Gasteiger partial charge is 0.451 e. The maximum absolute atomic E-state index is 12.3. The van der Waals surface area contributed by atoms with E-state index in [0.717, 1.165) is 31.7 Å². The fourth-order valence-electron chi connectivity index (χ4n) is 3.34. The number of amides is 2. The second-order valence-electron chi connectivity index (χ2n) is 7.15. The zero-order valence-electron chi connectivity index (χ0n) is 17.8. The minimum Gasteiger partial charge on any atom is -0.451 e. The van der Waals surface area contributed by atoms with Gasteiger partial charge in [0.2, 0.25) is 0 Å². The van der Waals surface area contributed by atoms with Crippen molar-refractivity contribution in [2.75, 3.05) is 43.0 Å². The van der Waals surface area contributed by atoms with Crippen LogP contribution in [0, 0.1) is 0 Å². The average molecular weight is 425 g/mol. The van der Waals surface area contributed by atoms with Crippen LogP contribution in [0.15, 0.2) is 36.4 Å². The molecule has 2 heterocycles. The van der Waals surface area contributed by atoms with Gasteiger partial charge in [0.15, 0.2) is 18.1 Å². The number of esters is 1. The minimum atomic E-state index is -0.712. The zero-order valence-corrected chi connectivity index (χ0v) is 17.8. The topological polar surface area (TPSA) is 105 Å². The van der Waals surface area contributed by atoms with Crippen molar-refractivity contribution in [3.8, 4) is 0 Å². The molecular weight excluding hydrogens is 398 g/mol. The molecule has 1 N–H and O–H groups in total. The predicted molar refractivity (Wildman–Crippen MR) is 116 cm³/mol. The van der Waals surface area contributed by atoms with E-state index in [2.05, 4.69) is 20.4 Å². The average Bonchev–Trinajstić information content (AvgIpc) is 3.34. The van der Waals surface area contributed by atoms with E-state index in [1.807, 2.05) is 13.8 Å². The van der Waals surface area contributed by atoms with Crippen LogP contribution in [0.25, 0.3) is 0 Å². The van der Waals surface area contributed by atoms with Crippen molar-refractivity contribution in [2.45, 2.75) is 26.7 Å². The summed E-state index contributed by atoms with van der Waals surface area (Å²) < 4.78 is 5.02. The third kappa shape index (κ3) is 5.78. The second-order valence-corrected chi connectivity index (χ2v) is 7.15. The van der Waals surface area contributed by atoms with Gasteiger partial charge in [0, 0.05) is 37.4 Å². The first-order valence-corrected chi connectivity index (χ1v) is 10.5. The van der Waals surface area contributed by atoms with Gasteiger partial charge in [-0.05, 0) is 63.1 Å². The van der Waals surface area contributed by atoms with Gasteiger partial charge >= 0.3 is 5.97 Å². The molecular formula is C22H27N5O4. The molecule has 3 rings (SSSR count). The molecule has 0 aliphatic carbocycles. The lowest BCUT2D eigenvalue weighted by molar-refractivity contribution is -0.119. The number of carbonyl (C=O) groups is 3. The van der Waals surface area contributed by atoms with Gasteiger partial charge in [0.1, 0.15) is 0 Å². The molecule has 1 aliphatic rings. The first-order valence-electron chi connectivity index (χ1n) is 10.5. The van der Waals surface area contributed by atoms with E-state index in [-0.39, 0.29) is 11.6 Å². The molecule has 164 valence electrons. The molecule has 2 amide bonds. The molecule has 1 aromatic carbocycles. The molecule has 0 saturated carbocycles. The van der Waals surface area contributed by atoms with Gasteiger partial charge in [0.05, 0.1) is 0 Å². The monoisotopic (exact) mass is 425 g/mol. The van der Waals surface area contributed by atoms with E-state index in [1.54, 1.807) is 41.3 Å². The van der Waals surface area contributed by atoms with Crippen molar-refractivity contribution in [1.82, 2.24) is 15.1 Å². The molecule has 1 aliphatic heterocycles. The Morgan fingerprint density at radius 1 is 1.00 bits per heavy atom. The lowest BCUT2D eigenvalue weighted by Gasteiger charge is -2.18. The smallest absolute Gasteiger partial charge is 0.359 e. The molecule has 2 aromatic rings. The molecule has 9 nitrogen and oxygen atoms in total. The third-order valence-electron chi connectivity index (χ3n) is 5.09. The lowest BCUT2D eigenvalue weighted by Crippen LogP contribution is -2.30. The maximum Gasteiger partial charge on any atom is 0.359 e. The van der Waals surface area contributed by atoms with E-state index in [4.69, 9.17) is 4.74 Å². The van der Waals surface area contributed by atoms with Crippen LogP contribution < -0.4 is 10.2 Å². The predicted octanol–water partition coefficient (Wildman–Crippen LogP) is 2.35. The Hall–Kier alpha value is -3.49. The van der Waals surface area contributed by atoms with Crippen LogP contribution in [0.3, 0.4) is 0 Å². The molecule has 0 bridgehead atoms. The SMILES string of the molecule is CCN(CC)C(=O)c1ccc(NC(=O)COC(=O)c2ccc(N3CCCC3)nn2)cc1. The minimum absolute atomic E-state index is 0.0509. The highest BCUT2D eigenvalue weighted by atomic mass is 16.5. The summed E-state index contributed by atoms with van der Waals surface area (Å²) in [6.07, 6.45) is 2.24. The zero-order chi connectivity index (χ0) is 22.2. The summed E-state index contributed by atoms with van der Waals surface area (Å²) in [6.45, 7) is 6.52. The summed E-state index contributed by atoms with van der Waals surface area (Å²) in [5.74, 6) is -0.531. The van der Waals surface area contributed by atoms with E-state index in [1.165, 1.54) is 0 Å². The first kappa shape index (κ1) is 22.2. The molecule has 1 aromatic heterocycles. The van der Waals surface area contributed by atoms with Crippen molar-refractivity contribution in [3.05, 3.63) is 47.7 Å². The van der Waals surface area contributed by atoms with Gasteiger partial charge in [-0.2, -0.15) is 0 Å². The quantitative estimate of drug-likeness (QED) is 0.647.